The molecular formula is C58H62N2. The van der Waals surface area contributed by atoms with E-state index in [1.807, 2.05) is 0 Å². The summed E-state index contributed by atoms with van der Waals surface area (Å²) in [6.45, 7) is 31.6. The van der Waals surface area contributed by atoms with Crippen molar-refractivity contribution >= 4 is 66.4 Å². The highest BCUT2D eigenvalue weighted by atomic mass is 15.2. The van der Waals surface area contributed by atoms with E-state index in [1.54, 1.807) is 0 Å². The molecule has 0 aromatic heterocycles. The first kappa shape index (κ1) is 40.9. The summed E-state index contributed by atoms with van der Waals surface area (Å²) in [5.74, 6) is 0.763. The monoisotopic (exact) mass is 786 g/mol. The summed E-state index contributed by atoms with van der Waals surface area (Å²) >= 11 is 0. The van der Waals surface area contributed by atoms with E-state index in [1.165, 1.54) is 133 Å². The van der Waals surface area contributed by atoms with Gasteiger partial charge in [0.25, 0.3) is 0 Å². The van der Waals surface area contributed by atoms with Crippen molar-refractivity contribution in [2.75, 3.05) is 9.80 Å². The lowest BCUT2D eigenvalue weighted by Gasteiger charge is -2.31. The number of anilines is 6. The number of hydrogen-bond acceptors (Lipinski definition) is 2. The Bertz CT molecular complexity index is 2750. The van der Waals surface area contributed by atoms with E-state index < -0.39 is 0 Å². The van der Waals surface area contributed by atoms with Gasteiger partial charge in [0.05, 0.1) is 11.4 Å². The van der Waals surface area contributed by atoms with Gasteiger partial charge in [-0.05, 0) is 242 Å². The summed E-state index contributed by atoms with van der Waals surface area (Å²) in [6.07, 6.45) is 0. The Morgan fingerprint density at radius 3 is 0.933 bits per heavy atom. The maximum absolute atomic E-state index is 2.53. The molecule has 2 heteroatoms. The van der Waals surface area contributed by atoms with Crippen molar-refractivity contribution in [1.29, 1.82) is 0 Å². The van der Waals surface area contributed by atoms with Gasteiger partial charge in [0.15, 0.2) is 0 Å². The van der Waals surface area contributed by atoms with E-state index in [0.29, 0.717) is 11.8 Å². The second-order valence-corrected chi connectivity index (χ2v) is 18.4. The van der Waals surface area contributed by atoms with Crippen LogP contribution in [0.4, 0.5) is 34.1 Å². The number of aryl methyl sites for hydroxylation is 8. The lowest BCUT2D eigenvalue weighted by Crippen LogP contribution is -2.13. The van der Waals surface area contributed by atoms with Crippen LogP contribution < -0.4 is 9.80 Å². The predicted molar refractivity (Wildman–Crippen MR) is 264 cm³/mol. The average Bonchev–Trinajstić information content (AvgIpc) is 3.21. The predicted octanol–water partition coefficient (Wildman–Crippen LogP) is 17.4. The summed E-state index contributed by atoms with van der Waals surface area (Å²) in [5, 5.41) is 7.55. The third kappa shape index (κ3) is 7.15. The van der Waals surface area contributed by atoms with Crippen LogP contribution in [0.1, 0.15) is 106 Å². The van der Waals surface area contributed by atoms with Crippen LogP contribution >= 0.6 is 0 Å². The molecule has 0 aliphatic carbocycles. The second kappa shape index (κ2) is 15.6. The van der Waals surface area contributed by atoms with Gasteiger partial charge in [0.2, 0.25) is 0 Å². The normalized spacial score (nSPS) is 11.8. The van der Waals surface area contributed by atoms with E-state index in [0.717, 1.165) is 0 Å². The molecule has 0 radical (unpaired) electrons. The standard InChI is InChI=1S/C58H62N2/c1-33(2)45-17-21-51-53-32-58(60(48-20-16-36(6)38(8)24-48)50-27-41(11)44(14)42(12)28-50)56-30-46(34(3)4)18-22-52(56)54(53)31-57(55(51)29-45)59(47-19-15-35(5)37(7)23-47)49-25-39(9)43(13)40(10)26-49/h15-34H,1-14H3. The average molecular weight is 787 g/mol. The Labute approximate surface area is 359 Å². The Hall–Kier alpha value is -5.86. The van der Waals surface area contributed by atoms with Gasteiger partial charge in [-0.25, -0.2) is 0 Å². The van der Waals surface area contributed by atoms with Crippen LogP contribution in [0.25, 0.3) is 32.3 Å². The maximum Gasteiger partial charge on any atom is 0.0546 e. The smallest absolute Gasteiger partial charge is 0.0546 e. The van der Waals surface area contributed by atoms with Gasteiger partial charge in [-0.3, -0.25) is 0 Å². The molecule has 8 aromatic rings. The molecule has 0 N–H and O–H groups in total. The molecule has 8 rings (SSSR count). The molecule has 0 spiro atoms. The second-order valence-electron chi connectivity index (χ2n) is 18.4. The first-order chi connectivity index (χ1) is 28.5. The van der Waals surface area contributed by atoms with E-state index >= 15 is 0 Å². The highest BCUT2D eigenvalue weighted by Gasteiger charge is 2.24. The Balaban J connectivity index is 1.56. The fourth-order valence-electron chi connectivity index (χ4n) is 9.00. The number of fused-ring (bicyclic) bond motifs is 5. The van der Waals surface area contributed by atoms with Crippen molar-refractivity contribution < 1.29 is 0 Å². The minimum Gasteiger partial charge on any atom is -0.310 e. The number of nitrogens with zero attached hydrogens (tertiary/aromatic N) is 2. The van der Waals surface area contributed by atoms with Crippen molar-refractivity contribution in [2.24, 2.45) is 0 Å². The first-order valence-electron chi connectivity index (χ1n) is 21.9. The van der Waals surface area contributed by atoms with Crippen LogP contribution in [0.15, 0.2) is 109 Å². The molecule has 0 fully saturated rings. The fourth-order valence-corrected chi connectivity index (χ4v) is 9.00. The van der Waals surface area contributed by atoms with E-state index in [9.17, 15) is 0 Å². The number of hydrogen-bond donors (Lipinski definition) is 0. The Morgan fingerprint density at radius 2 is 0.617 bits per heavy atom. The molecule has 0 unspecified atom stereocenters. The Morgan fingerprint density at radius 1 is 0.283 bits per heavy atom. The molecular weight excluding hydrogens is 725 g/mol. The van der Waals surface area contributed by atoms with Gasteiger partial charge in [-0.1, -0.05) is 64.1 Å². The van der Waals surface area contributed by atoms with Gasteiger partial charge in [0.1, 0.15) is 0 Å². The molecule has 0 heterocycles. The molecule has 0 saturated carbocycles. The quantitative estimate of drug-likeness (QED) is 0.142. The van der Waals surface area contributed by atoms with Gasteiger partial charge < -0.3 is 9.80 Å². The molecule has 0 atom stereocenters. The van der Waals surface area contributed by atoms with Crippen LogP contribution in [-0.4, -0.2) is 0 Å². The number of rotatable bonds is 8. The lowest BCUT2D eigenvalue weighted by molar-refractivity contribution is 0.868. The van der Waals surface area contributed by atoms with Crippen LogP contribution in [0.5, 0.6) is 0 Å². The summed E-state index contributed by atoms with van der Waals surface area (Å²) in [7, 11) is 0. The third-order valence-corrected chi connectivity index (χ3v) is 13.7. The molecule has 0 saturated heterocycles. The van der Waals surface area contributed by atoms with Gasteiger partial charge in [-0.2, -0.15) is 0 Å². The zero-order valence-corrected chi connectivity index (χ0v) is 38.4. The van der Waals surface area contributed by atoms with Crippen molar-refractivity contribution in [3.05, 3.63) is 176 Å². The van der Waals surface area contributed by atoms with Gasteiger partial charge in [0, 0.05) is 33.5 Å². The van der Waals surface area contributed by atoms with E-state index in [-0.39, 0.29) is 0 Å². The molecule has 0 amide bonds. The minimum absolute atomic E-state index is 0.381. The summed E-state index contributed by atoms with van der Waals surface area (Å²) < 4.78 is 0. The van der Waals surface area contributed by atoms with Crippen LogP contribution in [0, 0.1) is 69.2 Å². The fraction of sp³-hybridized carbons (Fsp3) is 0.276. The minimum atomic E-state index is 0.381. The first-order valence-corrected chi connectivity index (χ1v) is 21.9. The van der Waals surface area contributed by atoms with Crippen LogP contribution in [0.2, 0.25) is 0 Å². The molecule has 60 heavy (non-hydrogen) atoms. The third-order valence-electron chi connectivity index (χ3n) is 13.7. The van der Waals surface area contributed by atoms with Crippen LogP contribution in [-0.2, 0) is 0 Å². The summed E-state index contributed by atoms with van der Waals surface area (Å²) in [4.78, 5) is 5.05. The molecule has 0 bridgehead atoms. The van der Waals surface area contributed by atoms with E-state index in [2.05, 4.69) is 216 Å². The molecule has 0 aliphatic rings. The highest BCUT2D eigenvalue weighted by Crippen LogP contribution is 2.49. The summed E-state index contributed by atoms with van der Waals surface area (Å²) in [6, 6.07) is 42.9. The van der Waals surface area contributed by atoms with Crippen LogP contribution in [0.3, 0.4) is 0 Å². The molecule has 304 valence electrons. The highest BCUT2D eigenvalue weighted by molar-refractivity contribution is 6.24. The van der Waals surface area contributed by atoms with Crippen molar-refractivity contribution in [1.82, 2.24) is 0 Å². The SMILES string of the molecule is Cc1ccc(N(c2cc(C)c(C)c(C)c2)c2cc3c4ccc(C(C)C)cc4c(N(c4ccc(C)c(C)c4)c4cc(C)c(C)c(C)c4)cc3c3ccc(C(C)C)cc23)cc1C. The zero-order chi connectivity index (χ0) is 42.9. The van der Waals surface area contributed by atoms with Crippen molar-refractivity contribution in [3.63, 3.8) is 0 Å². The van der Waals surface area contributed by atoms with E-state index in [4.69, 9.17) is 0 Å². The zero-order valence-electron chi connectivity index (χ0n) is 38.4. The van der Waals surface area contributed by atoms with Crippen molar-refractivity contribution in [2.45, 2.75) is 109 Å². The largest absolute Gasteiger partial charge is 0.310 e. The van der Waals surface area contributed by atoms with Gasteiger partial charge in [-0.15, -0.1) is 0 Å². The maximum atomic E-state index is 2.53. The Kier molecular flexibility index (Phi) is 10.7. The molecule has 0 aliphatic heterocycles. The molecule has 2 nitrogen and oxygen atoms in total. The topological polar surface area (TPSA) is 6.48 Å². The number of benzene rings is 8. The van der Waals surface area contributed by atoms with Gasteiger partial charge >= 0.3 is 0 Å². The van der Waals surface area contributed by atoms with Crippen molar-refractivity contribution in [3.8, 4) is 0 Å². The molecule has 8 aromatic carbocycles. The summed E-state index contributed by atoms with van der Waals surface area (Å²) in [5.41, 5.74) is 22.8. The lowest BCUT2D eigenvalue weighted by atomic mass is 9.89.